The molecule has 3 heteroatoms. The summed E-state index contributed by atoms with van der Waals surface area (Å²) in [5, 5.41) is 3.19. The Labute approximate surface area is 115 Å². The van der Waals surface area contributed by atoms with Gasteiger partial charge in [0.05, 0.1) is 0 Å². The standard InChI is InChI=1S/C16H22N2O/c1-3-16(8-6-15(19)17-16)11-12-4-5-14-13(10-12)7-9-18(14)2/h4-5,10H,3,6-9,11H2,1-2H3,(H,17,19). The predicted molar refractivity (Wildman–Crippen MR) is 77.5 cm³/mol. The monoisotopic (exact) mass is 258 g/mol. The number of hydrogen-bond donors (Lipinski definition) is 1. The Kier molecular flexibility index (Phi) is 3.00. The van der Waals surface area contributed by atoms with Crippen molar-refractivity contribution < 1.29 is 4.79 Å². The molecule has 1 saturated heterocycles. The zero-order chi connectivity index (χ0) is 13.5. The van der Waals surface area contributed by atoms with Gasteiger partial charge in [-0.15, -0.1) is 0 Å². The van der Waals surface area contributed by atoms with Gasteiger partial charge in [-0.1, -0.05) is 19.1 Å². The summed E-state index contributed by atoms with van der Waals surface area (Å²) >= 11 is 0. The third kappa shape index (κ3) is 2.22. The van der Waals surface area contributed by atoms with Gasteiger partial charge in [0.1, 0.15) is 0 Å². The molecule has 1 unspecified atom stereocenters. The van der Waals surface area contributed by atoms with E-state index >= 15 is 0 Å². The first kappa shape index (κ1) is 12.5. The van der Waals surface area contributed by atoms with Crippen molar-refractivity contribution in [2.45, 2.75) is 44.6 Å². The molecule has 1 fully saturated rings. The summed E-state index contributed by atoms with van der Waals surface area (Å²) in [5.74, 6) is 0.211. The molecule has 0 spiro atoms. The Balaban J connectivity index is 1.82. The van der Waals surface area contributed by atoms with Gasteiger partial charge >= 0.3 is 0 Å². The maximum absolute atomic E-state index is 11.5. The maximum Gasteiger partial charge on any atom is 0.220 e. The Morgan fingerprint density at radius 2 is 2.21 bits per heavy atom. The second kappa shape index (κ2) is 4.55. The Bertz CT molecular complexity index is 511. The van der Waals surface area contributed by atoms with E-state index < -0.39 is 0 Å². The Morgan fingerprint density at radius 1 is 1.37 bits per heavy atom. The van der Waals surface area contributed by atoms with Crippen molar-refractivity contribution in [2.24, 2.45) is 0 Å². The third-order valence-electron chi connectivity index (χ3n) is 4.73. The highest BCUT2D eigenvalue weighted by atomic mass is 16.2. The zero-order valence-corrected chi connectivity index (χ0v) is 11.8. The second-order valence-electron chi connectivity index (χ2n) is 5.99. The molecule has 0 radical (unpaired) electrons. The number of hydrogen-bond acceptors (Lipinski definition) is 2. The highest BCUT2D eigenvalue weighted by Gasteiger charge is 2.36. The van der Waals surface area contributed by atoms with Crippen molar-refractivity contribution >= 4 is 11.6 Å². The van der Waals surface area contributed by atoms with Crippen molar-refractivity contribution in [3.05, 3.63) is 29.3 Å². The van der Waals surface area contributed by atoms with E-state index in [9.17, 15) is 4.79 Å². The quantitative estimate of drug-likeness (QED) is 0.902. The number of rotatable bonds is 3. The van der Waals surface area contributed by atoms with E-state index in [-0.39, 0.29) is 11.4 Å². The minimum Gasteiger partial charge on any atom is -0.374 e. The van der Waals surface area contributed by atoms with Crippen LogP contribution in [0.3, 0.4) is 0 Å². The lowest BCUT2D eigenvalue weighted by atomic mass is 9.86. The molecule has 3 nitrogen and oxygen atoms in total. The SMILES string of the molecule is CCC1(Cc2ccc3c(c2)CCN3C)CCC(=O)N1. The fourth-order valence-corrected chi connectivity index (χ4v) is 3.42. The van der Waals surface area contributed by atoms with Gasteiger partial charge in [0, 0.05) is 31.2 Å². The number of nitrogens with one attached hydrogen (secondary N) is 1. The van der Waals surface area contributed by atoms with Crippen molar-refractivity contribution in [3.63, 3.8) is 0 Å². The number of anilines is 1. The van der Waals surface area contributed by atoms with Gasteiger partial charge in [0.15, 0.2) is 0 Å². The van der Waals surface area contributed by atoms with Crippen LogP contribution in [-0.2, 0) is 17.6 Å². The molecular weight excluding hydrogens is 236 g/mol. The molecule has 0 aromatic heterocycles. The normalized spacial score (nSPS) is 25.6. The summed E-state index contributed by atoms with van der Waals surface area (Å²) < 4.78 is 0. The molecule has 2 aliphatic rings. The van der Waals surface area contributed by atoms with Crippen molar-refractivity contribution in [3.8, 4) is 0 Å². The van der Waals surface area contributed by atoms with Gasteiger partial charge in [-0.2, -0.15) is 0 Å². The second-order valence-corrected chi connectivity index (χ2v) is 5.99. The number of carbonyl (C=O) groups excluding carboxylic acids is 1. The first-order valence-electron chi connectivity index (χ1n) is 7.26. The fraction of sp³-hybridized carbons (Fsp3) is 0.562. The van der Waals surface area contributed by atoms with Gasteiger partial charge in [-0.3, -0.25) is 4.79 Å². The van der Waals surface area contributed by atoms with E-state index in [1.807, 2.05) is 0 Å². The number of benzene rings is 1. The van der Waals surface area contributed by atoms with Crippen molar-refractivity contribution in [1.29, 1.82) is 0 Å². The molecule has 3 rings (SSSR count). The molecule has 2 aliphatic heterocycles. The topological polar surface area (TPSA) is 32.3 Å². The number of nitrogens with zero attached hydrogens (tertiary/aromatic N) is 1. The van der Waals surface area contributed by atoms with E-state index in [1.165, 1.54) is 16.8 Å². The van der Waals surface area contributed by atoms with Crippen LogP contribution < -0.4 is 10.2 Å². The number of fused-ring (bicyclic) bond motifs is 1. The minimum atomic E-state index is -0.00414. The van der Waals surface area contributed by atoms with E-state index in [0.717, 1.165) is 32.2 Å². The molecule has 1 N–H and O–H groups in total. The highest BCUT2D eigenvalue weighted by Crippen LogP contribution is 2.32. The van der Waals surface area contributed by atoms with Crippen LogP contribution in [0.4, 0.5) is 5.69 Å². The zero-order valence-electron chi connectivity index (χ0n) is 11.8. The molecule has 19 heavy (non-hydrogen) atoms. The van der Waals surface area contributed by atoms with Crippen LogP contribution in [-0.4, -0.2) is 25.0 Å². The van der Waals surface area contributed by atoms with Gasteiger partial charge < -0.3 is 10.2 Å². The predicted octanol–water partition coefficient (Wildman–Crippen LogP) is 2.28. The van der Waals surface area contributed by atoms with Crippen molar-refractivity contribution in [2.75, 3.05) is 18.5 Å². The highest BCUT2D eigenvalue weighted by molar-refractivity contribution is 5.79. The number of amides is 1. The number of carbonyl (C=O) groups is 1. The fourth-order valence-electron chi connectivity index (χ4n) is 3.42. The largest absolute Gasteiger partial charge is 0.374 e. The molecule has 1 aromatic carbocycles. The van der Waals surface area contributed by atoms with Crippen LogP contribution >= 0.6 is 0 Å². The lowest BCUT2D eigenvalue weighted by Gasteiger charge is -2.28. The van der Waals surface area contributed by atoms with Gasteiger partial charge in [-0.05, 0) is 42.9 Å². The van der Waals surface area contributed by atoms with E-state index in [4.69, 9.17) is 0 Å². The molecule has 1 aromatic rings. The molecule has 102 valence electrons. The first-order valence-corrected chi connectivity index (χ1v) is 7.26. The molecule has 1 atom stereocenters. The van der Waals surface area contributed by atoms with Crippen LogP contribution in [0.15, 0.2) is 18.2 Å². The average Bonchev–Trinajstić information content (AvgIpc) is 2.95. The summed E-state index contributed by atoms with van der Waals surface area (Å²) in [6.07, 6.45) is 4.77. The van der Waals surface area contributed by atoms with Crippen LogP contribution in [0.1, 0.15) is 37.3 Å². The summed E-state index contributed by atoms with van der Waals surface area (Å²) in [4.78, 5) is 13.8. The van der Waals surface area contributed by atoms with Crippen LogP contribution in [0.2, 0.25) is 0 Å². The van der Waals surface area contributed by atoms with Crippen LogP contribution in [0.25, 0.3) is 0 Å². The maximum atomic E-state index is 11.5. The molecule has 0 saturated carbocycles. The smallest absolute Gasteiger partial charge is 0.220 e. The molecule has 1 amide bonds. The lowest BCUT2D eigenvalue weighted by molar-refractivity contribution is -0.119. The third-order valence-corrected chi connectivity index (χ3v) is 4.73. The van der Waals surface area contributed by atoms with E-state index in [2.05, 4.69) is 42.4 Å². The van der Waals surface area contributed by atoms with Gasteiger partial charge in [0.25, 0.3) is 0 Å². The molecule has 0 bridgehead atoms. The first-order chi connectivity index (χ1) is 9.12. The summed E-state index contributed by atoms with van der Waals surface area (Å²) in [5.41, 5.74) is 4.17. The minimum absolute atomic E-state index is 0.00414. The molecule has 2 heterocycles. The molecular formula is C16H22N2O. The number of likely N-dealkylation sites (N-methyl/N-ethyl adjacent to an activating group) is 1. The van der Waals surface area contributed by atoms with Crippen LogP contribution in [0, 0.1) is 0 Å². The lowest BCUT2D eigenvalue weighted by Crippen LogP contribution is -2.42. The van der Waals surface area contributed by atoms with Crippen LogP contribution in [0.5, 0.6) is 0 Å². The van der Waals surface area contributed by atoms with Crippen molar-refractivity contribution in [1.82, 2.24) is 5.32 Å². The Morgan fingerprint density at radius 3 is 2.89 bits per heavy atom. The summed E-state index contributed by atoms with van der Waals surface area (Å²) in [6.45, 7) is 3.29. The summed E-state index contributed by atoms with van der Waals surface area (Å²) in [7, 11) is 2.15. The van der Waals surface area contributed by atoms with Gasteiger partial charge in [0.2, 0.25) is 5.91 Å². The van der Waals surface area contributed by atoms with E-state index in [1.54, 1.807) is 0 Å². The average molecular weight is 258 g/mol. The van der Waals surface area contributed by atoms with Gasteiger partial charge in [-0.25, -0.2) is 0 Å². The van der Waals surface area contributed by atoms with E-state index in [0.29, 0.717) is 6.42 Å². The Hall–Kier alpha value is -1.51. The molecule has 0 aliphatic carbocycles. The summed E-state index contributed by atoms with van der Waals surface area (Å²) in [6, 6.07) is 6.79.